The molecule has 1 aromatic carbocycles. The number of nitrogens with zero attached hydrogens (tertiary/aromatic N) is 3. The average Bonchev–Trinajstić information content (AvgIpc) is 2.85. The third-order valence-electron chi connectivity index (χ3n) is 4.86. The summed E-state index contributed by atoms with van der Waals surface area (Å²) in [7, 11) is 2.02. The summed E-state index contributed by atoms with van der Waals surface area (Å²) in [5.74, 6) is 1.24. The Kier molecular flexibility index (Phi) is 4.43. The van der Waals surface area contributed by atoms with Crippen molar-refractivity contribution < 1.29 is 8.78 Å². The van der Waals surface area contributed by atoms with Gasteiger partial charge in [0.15, 0.2) is 0 Å². The number of alkyl halides is 2. The predicted molar refractivity (Wildman–Crippen MR) is 83.9 cm³/mol. The van der Waals surface area contributed by atoms with Gasteiger partial charge in [-0.15, -0.1) is 0 Å². The lowest BCUT2D eigenvalue weighted by atomic mass is 9.87. The van der Waals surface area contributed by atoms with E-state index >= 15 is 0 Å². The first-order chi connectivity index (χ1) is 10.6. The summed E-state index contributed by atoms with van der Waals surface area (Å²) >= 11 is 0. The molecule has 1 fully saturated rings. The van der Waals surface area contributed by atoms with Crippen molar-refractivity contribution in [1.29, 1.82) is 0 Å². The molecule has 0 radical (unpaired) electrons. The first kappa shape index (κ1) is 15.4. The van der Waals surface area contributed by atoms with Crippen LogP contribution in [-0.2, 0) is 6.54 Å². The molecule has 1 saturated carbocycles. The molecule has 3 nitrogen and oxygen atoms in total. The lowest BCUT2D eigenvalue weighted by Gasteiger charge is -2.33. The van der Waals surface area contributed by atoms with E-state index in [1.807, 2.05) is 13.1 Å². The molecule has 1 aliphatic rings. The molecule has 5 heteroatoms. The molecule has 0 spiro atoms. The minimum Gasteiger partial charge on any atom is -0.296 e. The number of hydrogen-bond donors (Lipinski definition) is 0. The fourth-order valence-corrected chi connectivity index (χ4v) is 3.46. The molecular weight excluding hydrogens is 284 g/mol. The molecule has 0 N–H and O–H groups in total. The topological polar surface area (TPSA) is 21.1 Å². The Morgan fingerprint density at radius 2 is 1.91 bits per heavy atom. The van der Waals surface area contributed by atoms with E-state index < -0.39 is 6.55 Å². The number of fused-ring (bicyclic) bond motifs is 1. The lowest BCUT2D eigenvalue weighted by molar-refractivity contribution is 0.0664. The van der Waals surface area contributed by atoms with E-state index in [4.69, 9.17) is 0 Å². The van der Waals surface area contributed by atoms with Crippen LogP contribution in [0.3, 0.4) is 0 Å². The van der Waals surface area contributed by atoms with Crippen molar-refractivity contribution >= 4 is 11.0 Å². The summed E-state index contributed by atoms with van der Waals surface area (Å²) in [6, 6.07) is 7.59. The molecular formula is C17H23F2N3. The first-order valence-electron chi connectivity index (χ1n) is 8.00. The number of hydrogen-bond acceptors (Lipinski definition) is 2. The summed E-state index contributed by atoms with van der Waals surface area (Å²) in [6.07, 6.45) is 4.74. The van der Waals surface area contributed by atoms with Crippen molar-refractivity contribution in [2.45, 2.75) is 51.7 Å². The van der Waals surface area contributed by atoms with E-state index in [0.717, 1.165) is 23.3 Å². The Bertz CT molecular complexity index is 630. The van der Waals surface area contributed by atoms with Crippen LogP contribution in [0.25, 0.3) is 11.0 Å². The Morgan fingerprint density at radius 1 is 1.23 bits per heavy atom. The molecule has 2 aromatic rings. The highest BCUT2D eigenvalue weighted by atomic mass is 19.3. The van der Waals surface area contributed by atoms with Crippen molar-refractivity contribution in [3.63, 3.8) is 0 Å². The second-order valence-corrected chi connectivity index (χ2v) is 6.49. The van der Waals surface area contributed by atoms with E-state index in [1.54, 1.807) is 18.2 Å². The lowest BCUT2D eigenvalue weighted by Crippen LogP contribution is -2.35. The SMILES string of the molecule is CC1CCC(N(C)Cc2nc3ccccc3n2C(F)F)CC1. The second kappa shape index (κ2) is 6.32. The smallest absolute Gasteiger partial charge is 0.296 e. The largest absolute Gasteiger partial charge is 0.320 e. The van der Waals surface area contributed by atoms with Crippen LogP contribution in [0.1, 0.15) is 45.0 Å². The number of imidazole rings is 1. The maximum absolute atomic E-state index is 13.4. The Balaban J connectivity index is 1.82. The van der Waals surface area contributed by atoms with Gasteiger partial charge in [-0.05, 0) is 50.8 Å². The first-order valence-corrected chi connectivity index (χ1v) is 8.00. The summed E-state index contributed by atoms with van der Waals surface area (Å²) in [4.78, 5) is 6.61. The predicted octanol–water partition coefficient (Wildman–Crippen LogP) is 4.44. The summed E-state index contributed by atoms with van der Waals surface area (Å²) in [6.45, 7) is 0.201. The molecule has 1 aromatic heterocycles. The van der Waals surface area contributed by atoms with Gasteiger partial charge in [-0.25, -0.2) is 4.98 Å². The number of rotatable bonds is 4. The van der Waals surface area contributed by atoms with E-state index in [2.05, 4.69) is 16.8 Å². The third kappa shape index (κ3) is 3.00. The van der Waals surface area contributed by atoms with Crippen LogP contribution in [0.15, 0.2) is 24.3 Å². The Hall–Kier alpha value is -1.49. The highest BCUT2D eigenvalue weighted by Gasteiger charge is 2.24. The van der Waals surface area contributed by atoms with Gasteiger partial charge < -0.3 is 0 Å². The fraction of sp³-hybridized carbons (Fsp3) is 0.588. The zero-order valence-corrected chi connectivity index (χ0v) is 13.2. The third-order valence-corrected chi connectivity index (χ3v) is 4.86. The zero-order chi connectivity index (χ0) is 15.7. The van der Waals surface area contributed by atoms with Gasteiger partial charge in [0.25, 0.3) is 0 Å². The van der Waals surface area contributed by atoms with Gasteiger partial charge in [0.1, 0.15) is 5.82 Å². The Labute approximate surface area is 129 Å². The number of aromatic nitrogens is 2. The van der Waals surface area contributed by atoms with Crippen LogP contribution in [0.5, 0.6) is 0 Å². The standard InChI is InChI=1S/C17H23F2N3/c1-12-7-9-13(10-8-12)21(2)11-16-20-14-5-3-4-6-15(14)22(16)17(18)19/h3-6,12-13,17H,7-11H2,1-2H3. The molecule has 0 bridgehead atoms. The van der Waals surface area contributed by atoms with E-state index in [1.165, 1.54) is 12.8 Å². The van der Waals surface area contributed by atoms with Crippen LogP contribution >= 0.6 is 0 Å². The molecule has 1 heterocycles. The minimum absolute atomic E-state index is 0.456. The minimum atomic E-state index is -2.55. The van der Waals surface area contributed by atoms with Crippen molar-refractivity contribution in [3.05, 3.63) is 30.1 Å². The molecule has 22 heavy (non-hydrogen) atoms. The fourth-order valence-electron chi connectivity index (χ4n) is 3.46. The molecule has 3 rings (SSSR count). The monoisotopic (exact) mass is 307 g/mol. The van der Waals surface area contributed by atoms with Crippen LogP contribution in [-0.4, -0.2) is 27.5 Å². The molecule has 0 unspecified atom stereocenters. The number of halogens is 2. The summed E-state index contributed by atoms with van der Waals surface area (Å²) in [5.41, 5.74) is 1.15. The van der Waals surface area contributed by atoms with E-state index in [-0.39, 0.29) is 0 Å². The average molecular weight is 307 g/mol. The van der Waals surface area contributed by atoms with Crippen molar-refractivity contribution in [3.8, 4) is 0 Å². The van der Waals surface area contributed by atoms with Gasteiger partial charge in [0.05, 0.1) is 17.6 Å². The van der Waals surface area contributed by atoms with Crippen LogP contribution in [0.2, 0.25) is 0 Å². The van der Waals surface area contributed by atoms with Crippen LogP contribution < -0.4 is 0 Å². The Morgan fingerprint density at radius 3 is 2.59 bits per heavy atom. The molecule has 0 atom stereocenters. The molecule has 1 aliphatic carbocycles. The second-order valence-electron chi connectivity index (χ2n) is 6.49. The maximum Gasteiger partial charge on any atom is 0.320 e. The van der Waals surface area contributed by atoms with E-state index in [9.17, 15) is 8.78 Å². The number of benzene rings is 1. The van der Waals surface area contributed by atoms with Gasteiger partial charge in [-0.1, -0.05) is 19.1 Å². The molecule has 0 saturated heterocycles. The molecule has 0 aliphatic heterocycles. The van der Waals surface area contributed by atoms with Gasteiger partial charge in [0.2, 0.25) is 0 Å². The number of para-hydroxylation sites is 2. The molecule has 120 valence electrons. The van der Waals surface area contributed by atoms with Gasteiger partial charge >= 0.3 is 6.55 Å². The highest BCUT2D eigenvalue weighted by molar-refractivity contribution is 5.75. The van der Waals surface area contributed by atoms with Crippen LogP contribution in [0.4, 0.5) is 8.78 Å². The quantitative estimate of drug-likeness (QED) is 0.832. The normalized spacial score (nSPS) is 22.8. The van der Waals surface area contributed by atoms with Crippen molar-refractivity contribution in [2.75, 3.05) is 7.05 Å². The van der Waals surface area contributed by atoms with E-state index in [0.29, 0.717) is 29.4 Å². The van der Waals surface area contributed by atoms with Crippen LogP contribution in [0, 0.1) is 5.92 Å². The van der Waals surface area contributed by atoms with Crippen molar-refractivity contribution in [2.24, 2.45) is 5.92 Å². The van der Waals surface area contributed by atoms with Gasteiger partial charge in [-0.2, -0.15) is 8.78 Å². The summed E-state index contributed by atoms with van der Waals surface area (Å²) in [5, 5.41) is 0. The van der Waals surface area contributed by atoms with Crippen molar-refractivity contribution in [1.82, 2.24) is 14.5 Å². The molecule has 0 amide bonds. The maximum atomic E-state index is 13.4. The zero-order valence-electron chi connectivity index (χ0n) is 13.2. The van der Waals surface area contributed by atoms with Gasteiger partial charge in [-0.3, -0.25) is 9.47 Å². The summed E-state index contributed by atoms with van der Waals surface area (Å²) < 4.78 is 27.9. The highest BCUT2D eigenvalue weighted by Crippen LogP contribution is 2.29. The van der Waals surface area contributed by atoms with Gasteiger partial charge in [0, 0.05) is 6.04 Å².